The van der Waals surface area contributed by atoms with Crippen molar-refractivity contribution in [1.29, 1.82) is 0 Å². The average Bonchev–Trinajstić information content (AvgIpc) is 2.63. The number of carbonyl (C=O) groups excluding carboxylic acids is 2. The fourth-order valence-electron chi connectivity index (χ4n) is 4.09. The van der Waals surface area contributed by atoms with Crippen LogP contribution < -0.4 is 5.32 Å². The van der Waals surface area contributed by atoms with E-state index in [4.69, 9.17) is 0 Å². The van der Waals surface area contributed by atoms with Gasteiger partial charge in [0.15, 0.2) is 0 Å². The molecular weight excluding hydrogens is 350 g/mol. The summed E-state index contributed by atoms with van der Waals surface area (Å²) in [6, 6.07) is 7.87. The Bertz CT molecular complexity index is 877. The number of likely N-dealkylation sites (tertiary alicyclic amines) is 1. The van der Waals surface area contributed by atoms with Crippen molar-refractivity contribution in [3.8, 4) is 0 Å². The van der Waals surface area contributed by atoms with Gasteiger partial charge in [-0.3, -0.25) is 14.6 Å². The Morgan fingerprint density at radius 3 is 2.36 bits per heavy atom. The Kier molecular flexibility index (Phi) is 5.82. The summed E-state index contributed by atoms with van der Waals surface area (Å²) in [5, 5.41) is 3.05. The summed E-state index contributed by atoms with van der Waals surface area (Å²) in [6.45, 7) is 11.0. The first kappa shape index (κ1) is 20.1. The van der Waals surface area contributed by atoms with Gasteiger partial charge in [0.2, 0.25) is 5.91 Å². The van der Waals surface area contributed by atoms with Crippen molar-refractivity contribution in [2.75, 3.05) is 18.4 Å². The normalized spacial score (nSPS) is 16.8. The number of hydrogen-bond acceptors (Lipinski definition) is 3. The third-order valence-electron chi connectivity index (χ3n) is 5.32. The van der Waals surface area contributed by atoms with Crippen LogP contribution in [0.25, 0.3) is 0 Å². The highest BCUT2D eigenvalue weighted by molar-refractivity contribution is 5.97. The van der Waals surface area contributed by atoms with Crippen LogP contribution in [0, 0.1) is 40.5 Å². The highest BCUT2D eigenvalue weighted by Gasteiger charge is 2.29. The fraction of sp³-hybridized carbons (Fsp3) is 0.435. The molecule has 1 N–H and O–H groups in total. The molecule has 0 radical (unpaired) electrons. The molecule has 1 saturated heterocycles. The molecule has 0 bridgehead atoms. The number of carbonyl (C=O) groups is 2. The van der Waals surface area contributed by atoms with Crippen LogP contribution in [0.4, 0.5) is 5.69 Å². The van der Waals surface area contributed by atoms with E-state index in [2.05, 4.69) is 16.4 Å². The molecule has 28 heavy (non-hydrogen) atoms. The van der Waals surface area contributed by atoms with Gasteiger partial charge in [-0.15, -0.1) is 0 Å². The second kappa shape index (κ2) is 8.13. The lowest BCUT2D eigenvalue weighted by Crippen LogP contribution is -2.44. The quantitative estimate of drug-likeness (QED) is 0.873. The van der Waals surface area contributed by atoms with Crippen LogP contribution in [0.1, 0.15) is 51.3 Å². The Morgan fingerprint density at radius 2 is 1.71 bits per heavy atom. The van der Waals surface area contributed by atoms with Crippen LogP contribution in [-0.4, -0.2) is 34.8 Å². The summed E-state index contributed by atoms with van der Waals surface area (Å²) in [5.74, 6) is -0.229. The largest absolute Gasteiger partial charge is 0.338 e. The van der Waals surface area contributed by atoms with Crippen LogP contribution in [0.2, 0.25) is 0 Å². The predicted octanol–water partition coefficient (Wildman–Crippen LogP) is 4.11. The molecule has 5 nitrogen and oxygen atoms in total. The van der Waals surface area contributed by atoms with Gasteiger partial charge >= 0.3 is 0 Å². The van der Waals surface area contributed by atoms with E-state index in [1.54, 1.807) is 0 Å². The molecule has 1 aliphatic rings. The predicted molar refractivity (Wildman–Crippen MR) is 112 cm³/mol. The summed E-state index contributed by atoms with van der Waals surface area (Å²) < 4.78 is 0. The van der Waals surface area contributed by atoms with E-state index in [-0.39, 0.29) is 17.7 Å². The molecule has 1 fully saturated rings. The second-order valence-corrected chi connectivity index (χ2v) is 8.00. The number of benzene rings is 1. The SMILES string of the molecule is Cc1cc(C)cc(C(=O)N2CCCC(C(=O)Nc3c(C)cc(C)nc3C)C2)c1. The molecule has 0 spiro atoms. The lowest BCUT2D eigenvalue weighted by molar-refractivity contribution is -0.121. The average molecular weight is 380 g/mol. The van der Waals surface area contributed by atoms with Gasteiger partial charge in [-0.1, -0.05) is 17.2 Å². The molecule has 1 aromatic heterocycles. The maximum atomic E-state index is 13.0. The van der Waals surface area contributed by atoms with Gasteiger partial charge in [-0.05, 0) is 71.2 Å². The highest BCUT2D eigenvalue weighted by Crippen LogP contribution is 2.24. The van der Waals surface area contributed by atoms with Gasteiger partial charge in [0.1, 0.15) is 0 Å². The molecular formula is C23H29N3O2. The molecule has 0 saturated carbocycles. The second-order valence-electron chi connectivity index (χ2n) is 8.00. The Balaban J connectivity index is 1.72. The number of rotatable bonds is 3. The summed E-state index contributed by atoms with van der Waals surface area (Å²) >= 11 is 0. The first-order chi connectivity index (χ1) is 13.2. The van der Waals surface area contributed by atoms with Crippen molar-refractivity contribution in [2.24, 2.45) is 5.92 Å². The molecule has 1 atom stereocenters. The summed E-state index contributed by atoms with van der Waals surface area (Å²) in [5.41, 5.74) is 6.42. The van der Waals surface area contributed by atoms with Crippen LogP contribution in [0.3, 0.4) is 0 Å². The number of amides is 2. The number of nitrogens with zero attached hydrogens (tertiary/aromatic N) is 2. The van der Waals surface area contributed by atoms with Crippen molar-refractivity contribution >= 4 is 17.5 Å². The van der Waals surface area contributed by atoms with E-state index in [1.165, 1.54) is 0 Å². The van der Waals surface area contributed by atoms with Gasteiger partial charge in [0, 0.05) is 24.3 Å². The van der Waals surface area contributed by atoms with Crippen LogP contribution >= 0.6 is 0 Å². The van der Waals surface area contributed by atoms with Gasteiger partial charge in [-0.2, -0.15) is 0 Å². The Hall–Kier alpha value is -2.69. The van der Waals surface area contributed by atoms with E-state index in [0.29, 0.717) is 18.7 Å². The van der Waals surface area contributed by atoms with Crippen LogP contribution in [-0.2, 0) is 4.79 Å². The third kappa shape index (κ3) is 4.41. The van der Waals surface area contributed by atoms with E-state index in [9.17, 15) is 9.59 Å². The number of aryl methyl sites for hydroxylation is 5. The molecule has 2 aromatic rings. The minimum Gasteiger partial charge on any atom is -0.338 e. The maximum absolute atomic E-state index is 13.0. The highest BCUT2D eigenvalue weighted by atomic mass is 16.2. The lowest BCUT2D eigenvalue weighted by atomic mass is 9.95. The van der Waals surface area contributed by atoms with E-state index in [1.807, 2.05) is 57.7 Å². The van der Waals surface area contributed by atoms with Gasteiger partial charge in [0.05, 0.1) is 17.3 Å². The molecule has 2 amide bonds. The number of nitrogens with one attached hydrogen (secondary N) is 1. The van der Waals surface area contributed by atoms with Crippen molar-refractivity contribution in [3.05, 3.63) is 57.9 Å². The number of aromatic nitrogens is 1. The van der Waals surface area contributed by atoms with Crippen molar-refractivity contribution in [2.45, 2.75) is 47.5 Å². The van der Waals surface area contributed by atoms with E-state index >= 15 is 0 Å². The van der Waals surface area contributed by atoms with Gasteiger partial charge < -0.3 is 10.2 Å². The van der Waals surface area contributed by atoms with Crippen molar-refractivity contribution in [3.63, 3.8) is 0 Å². The monoisotopic (exact) mass is 379 g/mol. The lowest BCUT2D eigenvalue weighted by Gasteiger charge is -2.32. The van der Waals surface area contributed by atoms with Gasteiger partial charge in [-0.25, -0.2) is 0 Å². The molecule has 3 rings (SSSR count). The first-order valence-electron chi connectivity index (χ1n) is 9.88. The van der Waals surface area contributed by atoms with E-state index < -0.39 is 0 Å². The minimum absolute atomic E-state index is 0.00802. The molecule has 1 aliphatic heterocycles. The molecule has 1 aromatic carbocycles. The number of piperidine rings is 1. The zero-order valence-electron chi connectivity index (χ0n) is 17.4. The van der Waals surface area contributed by atoms with E-state index in [0.717, 1.165) is 46.6 Å². The van der Waals surface area contributed by atoms with Crippen LogP contribution in [0.5, 0.6) is 0 Å². The zero-order valence-corrected chi connectivity index (χ0v) is 17.4. The van der Waals surface area contributed by atoms with Crippen molar-refractivity contribution in [1.82, 2.24) is 9.88 Å². The van der Waals surface area contributed by atoms with Crippen LogP contribution in [0.15, 0.2) is 24.3 Å². The van der Waals surface area contributed by atoms with Crippen molar-refractivity contribution < 1.29 is 9.59 Å². The number of anilines is 1. The zero-order chi connectivity index (χ0) is 20.4. The molecule has 2 heterocycles. The third-order valence-corrected chi connectivity index (χ3v) is 5.32. The smallest absolute Gasteiger partial charge is 0.253 e. The molecule has 5 heteroatoms. The fourth-order valence-corrected chi connectivity index (χ4v) is 4.09. The Labute approximate surface area is 167 Å². The standard InChI is InChI=1S/C23H29N3O2/c1-14-9-15(2)11-20(10-14)23(28)26-8-6-7-19(13-26)22(27)25-21-16(3)12-17(4)24-18(21)5/h9-12,19H,6-8,13H2,1-5H3,(H,25,27). The van der Waals surface area contributed by atoms with Gasteiger partial charge in [0.25, 0.3) is 5.91 Å². The molecule has 148 valence electrons. The molecule has 1 unspecified atom stereocenters. The minimum atomic E-state index is -0.205. The maximum Gasteiger partial charge on any atom is 0.253 e. The number of hydrogen-bond donors (Lipinski definition) is 1. The molecule has 0 aliphatic carbocycles. The summed E-state index contributed by atoms with van der Waals surface area (Å²) in [7, 11) is 0. The Morgan fingerprint density at radius 1 is 1.04 bits per heavy atom. The number of pyridine rings is 1. The first-order valence-corrected chi connectivity index (χ1v) is 9.88. The summed E-state index contributed by atoms with van der Waals surface area (Å²) in [4.78, 5) is 32.1. The topological polar surface area (TPSA) is 62.3 Å². The summed E-state index contributed by atoms with van der Waals surface area (Å²) in [6.07, 6.45) is 1.62.